The van der Waals surface area contributed by atoms with Crippen LogP contribution in [-0.4, -0.2) is 49.0 Å². The van der Waals surface area contributed by atoms with Gasteiger partial charge in [0, 0.05) is 52.8 Å². The van der Waals surface area contributed by atoms with Crippen LogP contribution in [0, 0.1) is 17.7 Å². The molecule has 0 aliphatic carbocycles. The van der Waals surface area contributed by atoms with Gasteiger partial charge in [-0.2, -0.15) is 13.2 Å². The van der Waals surface area contributed by atoms with Crippen LogP contribution < -0.4 is 20.3 Å². The van der Waals surface area contributed by atoms with E-state index in [9.17, 15) is 21.8 Å². The molecule has 0 aliphatic heterocycles. The van der Waals surface area contributed by atoms with Crippen molar-refractivity contribution in [1.82, 2.24) is 4.57 Å². The zero-order chi connectivity index (χ0) is 29.0. The summed E-state index contributed by atoms with van der Waals surface area (Å²) in [6.45, 7) is -1.11. The predicted octanol–water partition coefficient (Wildman–Crippen LogP) is 6.36. The van der Waals surface area contributed by atoms with Crippen LogP contribution in [0.15, 0.2) is 65.6 Å². The highest BCUT2D eigenvalue weighted by Crippen LogP contribution is 2.33. The number of aromatic nitrogens is 1. The van der Waals surface area contributed by atoms with E-state index in [1.165, 1.54) is 13.2 Å². The van der Waals surface area contributed by atoms with Gasteiger partial charge in [-0.05, 0) is 60.5 Å². The van der Waals surface area contributed by atoms with Gasteiger partial charge in [-0.15, -0.1) is 0 Å². The Hall–Kier alpha value is -4.17. The fraction of sp³-hybridized carbons (Fsp3) is 0.241. The van der Waals surface area contributed by atoms with Gasteiger partial charge in [0.25, 0.3) is 0 Å². The maximum Gasteiger partial charge on any atom is 0.406 e. The number of fused-ring (bicyclic) bond motifs is 1. The number of ether oxygens (including phenoxy) is 1. The Labute approximate surface area is 232 Å². The number of nitrogens with one attached hydrogen (secondary N) is 2. The van der Waals surface area contributed by atoms with Crippen molar-refractivity contribution in [3.63, 3.8) is 0 Å². The minimum absolute atomic E-state index is 0.118. The molecule has 4 rings (SSSR count). The molecule has 1 heterocycles. The quantitative estimate of drug-likeness (QED) is 0.190. The molecule has 210 valence electrons. The molecule has 0 radical (unpaired) electrons. The highest BCUT2D eigenvalue weighted by Gasteiger charge is 2.30. The van der Waals surface area contributed by atoms with Gasteiger partial charge in [0.2, 0.25) is 0 Å². The molecule has 11 heteroatoms. The summed E-state index contributed by atoms with van der Waals surface area (Å²) >= 11 is 0. The molecule has 1 unspecified atom stereocenters. The summed E-state index contributed by atoms with van der Waals surface area (Å²) < 4.78 is 73.5. The number of alkyl halides is 3. The Bertz CT molecular complexity index is 1620. The van der Waals surface area contributed by atoms with E-state index in [0.717, 1.165) is 4.57 Å². The molecule has 0 bridgehead atoms. The molecule has 6 nitrogen and oxygen atoms in total. The minimum atomic E-state index is -4.48. The number of anilines is 4. The molecule has 0 aliphatic rings. The van der Waals surface area contributed by atoms with Crippen LogP contribution in [0.1, 0.15) is 5.69 Å². The molecule has 0 fully saturated rings. The smallest absolute Gasteiger partial charge is 0.406 e. The van der Waals surface area contributed by atoms with Crippen LogP contribution >= 0.6 is 0 Å². The first-order chi connectivity index (χ1) is 19.0. The summed E-state index contributed by atoms with van der Waals surface area (Å²) in [4.78, 5) is 2.37. The third-order valence-electron chi connectivity index (χ3n) is 6.11. The van der Waals surface area contributed by atoms with Crippen LogP contribution in [-0.2, 0) is 17.3 Å². The number of hydrogen-bond acceptors (Lipinski definition) is 5. The van der Waals surface area contributed by atoms with Gasteiger partial charge < -0.3 is 24.8 Å². The lowest BCUT2D eigenvalue weighted by Crippen LogP contribution is -2.18. The van der Waals surface area contributed by atoms with Crippen LogP contribution in [0.2, 0.25) is 0 Å². The lowest BCUT2D eigenvalue weighted by Gasteiger charge is -2.15. The largest absolute Gasteiger partial charge is 0.495 e. The lowest BCUT2D eigenvalue weighted by molar-refractivity contribution is -0.140. The number of hydrogen-bond donors (Lipinski definition) is 2. The van der Waals surface area contributed by atoms with Crippen LogP contribution in [0.5, 0.6) is 5.75 Å². The van der Waals surface area contributed by atoms with Gasteiger partial charge in [0.05, 0.1) is 36.2 Å². The Balaban J connectivity index is 1.65. The topological polar surface area (TPSA) is 58.5 Å². The van der Waals surface area contributed by atoms with Crippen molar-refractivity contribution in [1.29, 1.82) is 0 Å². The maximum absolute atomic E-state index is 14.8. The first kappa shape index (κ1) is 28.8. The molecule has 0 spiro atoms. The van der Waals surface area contributed by atoms with Gasteiger partial charge in [0.15, 0.2) is 0 Å². The third kappa shape index (κ3) is 6.69. The molecule has 3 aromatic carbocycles. The zero-order valence-electron chi connectivity index (χ0n) is 22.3. The second kappa shape index (κ2) is 11.9. The number of methoxy groups -OCH3 is 1. The van der Waals surface area contributed by atoms with E-state index in [1.807, 2.05) is 0 Å². The third-order valence-corrected chi connectivity index (χ3v) is 7.03. The van der Waals surface area contributed by atoms with Gasteiger partial charge in [-0.1, -0.05) is 12.0 Å². The Kier molecular flexibility index (Phi) is 8.59. The van der Waals surface area contributed by atoms with E-state index in [2.05, 4.69) is 22.5 Å². The highest BCUT2D eigenvalue weighted by molar-refractivity contribution is 7.84. The maximum atomic E-state index is 14.8. The molecule has 4 aromatic rings. The van der Waals surface area contributed by atoms with Crippen molar-refractivity contribution < 1.29 is 26.5 Å². The van der Waals surface area contributed by atoms with E-state index in [4.69, 9.17) is 4.74 Å². The van der Waals surface area contributed by atoms with Gasteiger partial charge in [-0.3, -0.25) is 4.21 Å². The second-order valence-electron chi connectivity index (χ2n) is 9.12. The van der Waals surface area contributed by atoms with E-state index >= 15 is 0 Å². The van der Waals surface area contributed by atoms with Crippen molar-refractivity contribution in [2.24, 2.45) is 0 Å². The summed E-state index contributed by atoms with van der Waals surface area (Å²) in [5.74, 6) is 5.70. The van der Waals surface area contributed by atoms with Gasteiger partial charge in [0.1, 0.15) is 18.1 Å². The molecule has 2 N–H and O–H groups in total. The van der Waals surface area contributed by atoms with Gasteiger partial charge >= 0.3 is 6.18 Å². The van der Waals surface area contributed by atoms with Crippen molar-refractivity contribution >= 4 is 44.5 Å². The molecular formula is C29H28F4N4O2S. The second-order valence-corrected chi connectivity index (χ2v) is 10.5. The Morgan fingerprint density at radius 3 is 2.42 bits per heavy atom. The van der Waals surface area contributed by atoms with Gasteiger partial charge in [-0.25, -0.2) is 4.39 Å². The molecule has 1 atom stereocenters. The average Bonchev–Trinajstić information content (AvgIpc) is 3.24. The molecule has 0 amide bonds. The highest BCUT2D eigenvalue weighted by atomic mass is 32.2. The molecular weight excluding hydrogens is 544 g/mol. The first-order valence-electron chi connectivity index (χ1n) is 12.1. The van der Waals surface area contributed by atoms with Crippen molar-refractivity contribution in [3.8, 4) is 17.6 Å². The summed E-state index contributed by atoms with van der Waals surface area (Å²) in [5, 5.41) is 6.57. The molecule has 0 saturated heterocycles. The Morgan fingerprint density at radius 2 is 1.77 bits per heavy atom. The number of halogens is 4. The summed E-state index contributed by atoms with van der Waals surface area (Å²) in [6, 6.07) is 16.2. The van der Waals surface area contributed by atoms with E-state index in [1.54, 1.807) is 79.8 Å². The van der Waals surface area contributed by atoms with Crippen molar-refractivity contribution in [2.75, 3.05) is 49.5 Å². The summed E-state index contributed by atoms with van der Waals surface area (Å²) in [7, 11) is 3.90. The molecule has 1 aromatic heterocycles. The van der Waals surface area contributed by atoms with Crippen LogP contribution in [0.25, 0.3) is 10.9 Å². The SMILES string of the molecule is COc1cc(S(C)=O)ccc1NCC#Cc1cc2c(Nc3ccc(N(C)C)cc3F)cccc2n1CC(F)(F)F. The molecule has 0 saturated carbocycles. The predicted molar refractivity (Wildman–Crippen MR) is 153 cm³/mol. The monoisotopic (exact) mass is 572 g/mol. The Morgan fingerprint density at radius 1 is 1.02 bits per heavy atom. The van der Waals surface area contributed by atoms with E-state index < -0.39 is 29.3 Å². The van der Waals surface area contributed by atoms with Crippen LogP contribution in [0.3, 0.4) is 0 Å². The minimum Gasteiger partial charge on any atom is -0.495 e. The van der Waals surface area contributed by atoms with Crippen LogP contribution in [0.4, 0.5) is 40.3 Å². The van der Waals surface area contributed by atoms with Crippen molar-refractivity contribution in [2.45, 2.75) is 17.6 Å². The fourth-order valence-electron chi connectivity index (χ4n) is 4.15. The number of nitrogens with zero attached hydrogens (tertiary/aromatic N) is 2. The summed E-state index contributed by atoms with van der Waals surface area (Å²) in [5.41, 5.74) is 2.41. The summed E-state index contributed by atoms with van der Waals surface area (Å²) in [6.07, 6.45) is -2.92. The van der Waals surface area contributed by atoms with Crippen molar-refractivity contribution in [3.05, 3.63) is 72.2 Å². The first-order valence-corrected chi connectivity index (χ1v) is 13.7. The van der Waals surface area contributed by atoms with E-state index in [-0.39, 0.29) is 17.9 Å². The number of benzene rings is 3. The average molecular weight is 573 g/mol. The number of rotatable bonds is 8. The zero-order valence-corrected chi connectivity index (χ0v) is 23.1. The molecule has 40 heavy (non-hydrogen) atoms. The van der Waals surface area contributed by atoms with E-state index in [0.29, 0.717) is 38.6 Å². The normalized spacial score (nSPS) is 12.0. The fourth-order valence-corrected chi connectivity index (χ4v) is 4.68. The standard InChI is InChI=1S/C29H28F4N4O2S/c1-36(2)19-10-12-25(23(30)16-19)35-24-8-5-9-27-22(24)15-20(37(27)18-29(31,32)33)7-6-14-34-26-13-11-21(40(4)38)17-28(26)39-3/h5,8-13,15-17,34-35H,14,18H2,1-4H3. The lowest BCUT2D eigenvalue weighted by atomic mass is 10.2.